The van der Waals surface area contributed by atoms with Gasteiger partial charge in [-0.1, -0.05) is 31.2 Å². The molecule has 2 aliphatic rings. The normalized spacial score (nSPS) is 17.9. The number of aliphatic imine (C=N–C) groups is 1. The summed E-state index contributed by atoms with van der Waals surface area (Å²) in [5.74, 6) is 1.69. The molecule has 8 heteroatoms. The van der Waals surface area contributed by atoms with Crippen LogP contribution in [0, 0.1) is 5.82 Å². The molecule has 1 aromatic heterocycles. The molecule has 0 bridgehead atoms. The van der Waals surface area contributed by atoms with Gasteiger partial charge in [-0.05, 0) is 49.6 Å². The van der Waals surface area contributed by atoms with E-state index in [2.05, 4.69) is 51.4 Å². The Kier molecular flexibility index (Phi) is 9.31. The van der Waals surface area contributed by atoms with Gasteiger partial charge in [0.05, 0.1) is 6.54 Å². The van der Waals surface area contributed by atoms with E-state index < -0.39 is 0 Å². The number of benzene rings is 1. The molecule has 0 atom stereocenters. The van der Waals surface area contributed by atoms with E-state index in [9.17, 15) is 4.39 Å². The van der Waals surface area contributed by atoms with Crippen LogP contribution in [-0.2, 0) is 12.0 Å². The molecule has 2 heterocycles. The Balaban J connectivity index is 0.00000306. The van der Waals surface area contributed by atoms with Crippen LogP contribution >= 0.6 is 24.0 Å². The van der Waals surface area contributed by atoms with Crippen LogP contribution in [0.1, 0.15) is 37.8 Å². The van der Waals surface area contributed by atoms with Crippen molar-refractivity contribution >= 4 is 35.8 Å². The molecule has 0 unspecified atom stereocenters. The highest BCUT2D eigenvalue weighted by Crippen LogP contribution is 2.48. The Labute approximate surface area is 214 Å². The highest BCUT2D eigenvalue weighted by Gasteiger charge is 2.45. The van der Waals surface area contributed by atoms with Crippen LogP contribution in [-0.4, -0.2) is 61.7 Å². The maximum atomic E-state index is 14.3. The Bertz CT molecular complexity index is 907. The van der Waals surface area contributed by atoms with Crippen molar-refractivity contribution in [1.29, 1.82) is 0 Å². The van der Waals surface area contributed by atoms with Gasteiger partial charge in [0.2, 0.25) is 0 Å². The molecule has 180 valence electrons. The van der Waals surface area contributed by atoms with E-state index in [4.69, 9.17) is 4.99 Å². The standard InChI is InChI=1S/C25H35FN6.HI/c1-3-27-24(30-19-25(11-12-25)21-7-5-6-8-22(21)26)29-18-20-9-10-23(28-17-20)32-15-13-31(4-2)14-16-32;/h5-10,17H,3-4,11-16,18-19H2,1-2H3,(H2,27,29,30);1H. The molecular formula is C25H36FIN6. The van der Waals surface area contributed by atoms with E-state index in [1.54, 1.807) is 12.1 Å². The molecule has 4 rings (SSSR count). The summed E-state index contributed by atoms with van der Waals surface area (Å²) in [6.45, 7) is 11.6. The summed E-state index contributed by atoms with van der Waals surface area (Å²) in [5.41, 5.74) is 1.77. The molecule has 1 saturated carbocycles. The molecule has 1 saturated heterocycles. The number of anilines is 1. The van der Waals surface area contributed by atoms with E-state index >= 15 is 0 Å². The van der Waals surface area contributed by atoms with E-state index in [1.165, 1.54) is 0 Å². The van der Waals surface area contributed by atoms with Crippen LogP contribution in [0.3, 0.4) is 0 Å². The quantitative estimate of drug-likeness (QED) is 0.290. The summed E-state index contributed by atoms with van der Waals surface area (Å²) in [5, 5.41) is 6.73. The first-order chi connectivity index (χ1) is 15.6. The van der Waals surface area contributed by atoms with Gasteiger partial charge in [-0.2, -0.15) is 0 Å². The molecule has 0 spiro atoms. The van der Waals surface area contributed by atoms with Crippen molar-refractivity contribution in [3.63, 3.8) is 0 Å². The first-order valence-corrected chi connectivity index (χ1v) is 11.8. The number of pyridine rings is 1. The van der Waals surface area contributed by atoms with Crippen molar-refractivity contribution in [2.45, 2.75) is 38.6 Å². The number of rotatable bonds is 8. The lowest BCUT2D eigenvalue weighted by atomic mass is 9.95. The smallest absolute Gasteiger partial charge is 0.191 e. The molecule has 1 aliphatic heterocycles. The molecule has 6 nitrogen and oxygen atoms in total. The van der Waals surface area contributed by atoms with Gasteiger partial charge in [0.1, 0.15) is 11.6 Å². The number of likely N-dealkylation sites (N-methyl/N-ethyl adjacent to an activating group) is 1. The molecular weight excluding hydrogens is 530 g/mol. The minimum atomic E-state index is -0.119. The van der Waals surface area contributed by atoms with Gasteiger partial charge in [-0.15, -0.1) is 24.0 Å². The Hall–Kier alpha value is -1.94. The highest BCUT2D eigenvalue weighted by atomic mass is 127. The zero-order valence-electron chi connectivity index (χ0n) is 19.7. The topological polar surface area (TPSA) is 55.8 Å². The fourth-order valence-electron chi connectivity index (χ4n) is 4.34. The lowest BCUT2D eigenvalue weighted by Crippen LogP contribution is -2.46. The molecule has 2 aromatic rings. The highest BCUT2D eigenvalue weighted by molar-refractivity contribution is 14.0. The van der Waals surface area contributed by atoms with Gasteiger partial charge >= 0.3 is 0 Å². The van der Waals surface area contributed by atoms with E-state index in [-0.39, 0.29) is 35.2 Å². The van der Waals surface area contributed by atoms with Crippen LogP contribution in [0.5, 0.6) is 0 Å². The minimum Gasteiger partial charge on any atom is -0.357 e. The summed E-state index contributed by atoms with van der Waals surface area (Å²) < 4.78 is 14.3. The van der Waals surface area contributed by atoms with Crippen molar-refractivity contribution in [3.8, 4) is 0 Å². The fraction of sp³-hybridized carbons (Fsp3) is 0.520. The molecule has 0 radical (unpaired) electrons. The summed E-state index contributed by atoms with van der Waals surface area (Å²) in [4.78, 5) is 14.2. The lowest BCUT2D eigenvalue weighted by Gasteiger charge is -2.34. The molecule has 33 heavy (non-hydrogen) atoms. The van der Waals surface area contributed by atoms with Gasteiger partial charge in [0.25, 0.3) is 0 Å². The van der Waals surface area contributed by atoms with Crippen molar-refractivity contribution in [2.24, 2.45) is 4.99 Å². The molecule has 1 aliphatic carbocycles. The molecule has 2 N–H and O–H groups in total. The maximum absolute atomic E-state index is 14.3. The van der Waals surface area contributed by atoms with E-state index in [0.717, 1.165) is 75.0 Å². The van der Waals surface area contributed by atoms with Gasteiger partial charge in [0.15, 0.2) is 5.96 Å². The van der Waals surface area contributed by atoms with E-state index in [0.29, 0.717) is 13.1 Å². The minimum absolute atomic E-state index is 0. The van der Waals surface area contributed by atoms with Crippen LogP contribution < -0.4 is 15.5 Å². The summed E-state index contributed by atoms with van der Waals surface area (Å²) in [6.07, 6.45) is 3.92. The number of piperazine rings is 1. The summed E-state index contributed by atoms with van der Waals surface area (Å²) >= 11 is 0. The van der Waals surface area contributed by atoms with Gasteiger partial charge in [-0.25, -0.2) is 14.4 Å². The van der Waals surface area contributed by atoms with Gasteiger partial charge in [-0.3, -0.25) is 0 Å². The monoisotopic (exact) mass is 566 g/mol. The fourth-order valence-corrected chi connectivity index (χ4v) is 4.34. The average molecular weight is 567 g/mol. The Morgan fingerprint density at radius 3 is 2.42 bits per heavy atom. The Morgan fingerprint density at radius 2 is 1.82 bits per heavy atom. The number of aromatic nitrogens is 1. The lowest BCUT2D eigenvalue weighted by molar-refractivity contribution is 0.270. The van der Waals surface area contributed by atoms with Crippen LogP contribution in [0.15, 0.2) is 47.6 Å². The van der Waals surface area contributed by atoms with Crippen LogP contribution in [0.4, 0.5) is 10.2 Å². The van der Waals surface area contributed by atoms with Crippen LogP contribution in [0.2, 0.25) is 0 Å². The summed E-state index contributed by atoms with van der Waals surface area (Å²) in [6, 6.07) is 11.3. The third-order valence-corrected chi connectivity index (χ3v) is 6.61. The zero-order valence-corrected chi connectivity index (χ0v) is 22.0. The van der Waals surface area contributed by atoms with E-state index in [1.807, 2.05) is 18.3 Å². The molecule has 0 amide bonds. The van der Waals surface area contributed by atoms with Gasteiger partial charge < -0.3 is 20.4 Å². The number of guanidine groups is 1. The second-order valence-electron chi connectivity index (χ2n) is 8.75. The third kappa shape index (κ3) is 6.56. The van der Waals surface area contributed by atoms with Crippen LogP contribution in [0.25, 0.3) is 0 Å². The second kappa shape index (κ2) is 12.0. The van der Waals surface area contributed by atoms with Gasteiger partial charge in [0, 0.05) is 50.9 Å². The Morgan fingerprint density at radius 1 is 1.06 bits per heavy atom. The first-order valence-electron chi connectivity index (χ1n) is 11.8. The maximum Gasteiger partial charge on any atom is 0.191 e. The number of nitrogens with zero attached hydrogens (tertiary/aromatic N) is 4. The number of halogens is 2. The van der Waals surface area contributed by atoms with Crippen molar-refractivity contribution < 1.29 is 4.39 Å². The molecule has 2 fully saturated rings. The first kappa shape index (κ1) is 25.7. The number of hydrogen-bond donors (Lipinski definition) is 2. The largest absolute Gasteiger partial charge is 0.357 e. The summed E-state index contributed by atoms with van der Waals surface area (Å²) in [7, 11) is 0. The third-order valence-electron chi connectivity index (χ3n) is 6.61. The SMILES string of the molecule is CCNC(=NCc1ccc(N2CCN(CC)CC2)nc1)NCC1(c2ccccc2F)CC1.I. The predicted molar refractivity (Wildman–Crippen MR) is 144 cm³/mol. The predicted octanol–water partition coefficient (Wildman–Crippen LogP) is 3.77. The zero-order chi connectivity index (χ0) is 22.4. The number of nitrogens with one attached hydrogen (secondary N) is 2. The average Bonchev–Trinajstić information content (AvgIpc) is 3.62. The van der Waals surface area contributed by atoms with Crippen molar-refractivity contribution in [1.82, 2.24) is 20.5 Å². The number of hydrogen-bond acceptors (Lipinski definition) is 4. The van der Waals surface area contributed by atoms with Crippen molar-refractivity contribution in [3.05, 3.63) is 59.5 Å². The van der Waals surface area contributed by atoms with Crippen molar-refractivity contribution in [2.75, 3.05) is 50.7 Å². The second-order valence-corrected chi connectivity index (χ2v) is 8.75. The molecule has 1 aromatic carbocycles.